The molecule has 6 rings (SSSR count). The first-order chi connectivity index (χ1) is 18.0. The molecule has 6 aromatic rings. The van der Waals surface area contributed by atoms with Crippen LogP contribution in [-0.4, -0.2) is 67.2 Å². The van der Waals surface area contributed by atoms with Gasteiger partial charge in [0.25, 0.3) is 0 Å². The van der Waals surface area contributed by atoms with Gasteiger partial charge in [0.1, 0.15) is 11.3 Å². The Kier molecular flexibility index (Phi) is 5.78. The number of anilines is 1. The van der Waals surface area contributed by atoms with E-state index >= 15 is 0 Å². The van der Waals surface area contributed by atoms with Crippen LogP contribution in [0.5, 0.6) is 0 Å². The van der Waals surface area contributed by atoms with E-state index in [1.165, 1.54) is 12.1 Å². The predicted octanol–water partition coefficient (Wildman–Crippen LogP) is 4.74. The van der Waals surface area contributed by atoms with Gasteiger partial charge in [0.2, 0.25) is 0 Å². The van der Waals surface area contributed by atoms with Gasteiger partial charge >= 0.3 is 0 Å². The zero-order valence-electron chi connectivity index (χ0n) is 20.3. The molecule has 37 heavy (non-hydrogen) atoms. The molecule has 5 aromatic heterocycles. The second-order valence-electron chi connectivity index (χ2n) is 9.01. The third kappa shape index (κ3) is 4.50. The summed E-state index contributed by atoms with van der Waals surface area (Å²) in [6.45, 7) is 1.53. The fraction of sp³-hybridized carbons (Fsp3) is 0.148. The van der Waals surface area contributed by atoms with Crippen LogP contribution in [0.25, 0.3) is 56.1 Å². The lowest BCUT2D eigenvalue weighted by atomic mass is 10.1. The first-order valence-electron chi connectivity index (χ1n) is 11.9. The van der Waals surface area contributed by atoms with E-state index in [4.69, 9.17) is 9.97 Å². The first-order valence-corrected chi connectivity index (χ1v) is 11.9. The summed E-state index contributed by atoms with van der Waals surface area (Å²) in [5.41, 5.74) is 7.05. The third-order valence-corrected chi connectivity index (χ3v) is 6.05. The second-order valence-corrected chi connectivity index (χ2v) is 9.01. The Hall–Kier alpha value is -4.70. The van der Waals surface area contributed by atoms with Gasteiger partial charge in [-0.25, -0.2) is 14.4 Å². The summed E-state index contributed by atoms with van der Waals surface area (Å²) in [4.78, 5) is 23.8. The number of H-pyrrole nitrogens is 2. The summed E-state index contributed by atoms with van der Waals surface area (Å²) < 4.78 is 14.6. The van der Waals surface area contributed by atoms with Gasteiger partial charge < -0.3 is 15.2 Å². The minimum atomic E-state index is -0.331. The summed E-state index contributed by atoms with van der Waals surface area (Å²) in [5, 5.41) is 10.8. The molecule has 0 fully saturated rings. The Balaban J connectivity index is 1.41. The van der Waals surface area contributed by atoms with Crippen molar-refractivity contribution in [1.29, 1.82) is 0 Å². The molecule has 0 radical (unpaired) electrons. The van der Waals surface area contributed by atoms with E-state index in [2.05, 4.69) is 35.4 Å². The van der Waals surface area contributed by atoms with Crippen molar-refractivity contribution in [3.63, 3.8) is 0 Å². The zero-order valence-corrected chi connectivity index (χ0v) is 20.3. The Morgan fingerprint density at radius 2 is 1.86 bits per heavy atom. The Labute approximate surface area is 211 Å². The van der Waals surface area contributed by atoms with Crippen LogP contribution in [0.4, 0.5) is 10.1 Å². The van der Waals surface area contributed by atoms with Crippen molar-refractivity contribution in [2.24, 2.45) is 0 Å². The van der Waals surface area contributed by atoms with Crippen LogP contribution in [0.15, 0.2) is 67.1 Å². The smallest absolute Gasteiger partial charge is 0.161 e. The number of aromatic amines is 2. The number of hydrogen-bond acceptors (Lipinski definition) is 7. The summed E-state index contributed by atoms with van der Waals surface area (Å²) >= 11 is 0. The lowest BCUT2D eigenvalue weighted by Crippen LogP contribution is -2.20. The second kappa shape index (κ2) is 9.40. The molecule has 0 aliphatic heterocycles. The van der Waals surface area contributed by atoms with Crippen molar-refractivity contribution in [3.05, 3.63) is 72.9 Å². The van der Waals surface area contributed by atoms with E-state index in [-0.39, 0.29) is 5.82 Å². The molecule has 10 heteroatoms. The van der Waals surface area contributed by atoms with Gasteiger partial charge in [0.15, 0.2) is 11.5 Å². The quantitative estimate of drug-likeness (QED) is 0.295. The van der Waals surface area contributed by atoms with Crippen molar-refractivity contribution in [1.82, 2.24) is 40.0 Å². The number of nitrogens with one attached hydrogen (secondary N) is 3. The van der Waals surface area contributed by atoms with Gasteiger partial charge in [0, 0.05) is 36.7 Å². The van der Waals surface area contributed by atoms with Crippen molar-refractivity contribution in [2.75, 3.05) is 32.5 Å². The van der Waals surface area contributed by atoms with Gasteiger partial charge in [-0.1, -0.05) is 6.07 Å². The molecule has 0 amide bonds. The molecule has 0 saturated heterocycles. The largest absolute Gasteiger partial charge is 0.384 e. The average Bonchev–Trinajstić information content (AvgIpc) is 3.52. The summed E-state index contributed by atoms with van der Waals surface area (Å²) in [6, 6.07) is 14.4. The van der Waals surface area contributed by atoms with E-state index in [1.807, 2.05) is 50.5 Å². The molecule has 0 bridgehead atoms. The van der Waals surface area contributed by atoms with Gasteiger partial charge in [-0.15, -0.1) is 0 Å². The maximum atomic E-state index is 14.6. The molecule has 0 aliphatic rings. The molecular formula is C27H24FN9. The minimum absolute atomic E-state index is 0.331. The van der Waals surface area contributed by atoms with Gasteiger partial charge in [-0.3, -0.25) is 15.1 Å². The molecule has 184 valence electrons. The molecule has 9 nitrogen and oxygen atoms in total. The van der Waals surface area contributed by atoms with Gasteiger partial charge in [0.05, 0.1) is 34.1 Å². The van der Waals surface area contributed by atoms with Crippen LogP contribution < -0.4 is 5.32 Å². The number of fused-ring (bicyclic) bond motifs is 2. The number of likely N-dealkylation sites (N-methyl/N-ethyl adjacent to an activating group) is 1. The average molecular weight is 494 g/mol. The molecule has 0 spiro atoms. The summed E-state index contributed by atoms with van der Waals surface area (Å²) in [6.07, 6.45) is 5.14. The van der Waals surface area contributed by atoms with Crippen molar-refractivity contribution >= 4 is 27.8 Å². The Morgan fingerprint density at radius 3 is 2.70 bits per heavy atom. The number of aromatic nitrogens is 7. The maximum absolute atomic E-state index is 14.6. The maximum Gasteiger partial charge on any atom is 0.161 e. The van der Waals surface area contributed by atoms with Gasteiger partial charge in [-0.05, 0) is 62.1 Å². The third-order valence-electron chi connectivity index (χ3n) is 6.05. The standard InChI is InChI=1S/C27H24FN9/c1-37(2)10-9-30-18-12-16(11-17(28)13-18)19-14-29-15-23-24(19)34-27(33-23)26-25-22(35-36-26)7-6-21(32-25)20-5-3-4-8-31-20/h3-8,11-15,30H,9-10H2,1-2H3,(H,33,34)(H,35,36). The Morgan fingerprint density at radius 1 is 0.946 bits per heavy atom. The van der Waals surface area contributed by atoms with Crippen LogP contribution >= 0.6 is 0 Å². The molecule has 5 heterocycles. The van der Waals surface area contributed by atoms with Gasteiger partial charge in [-0.2, -0.15) is 5.10 Å². The van der Waals surface area contributed by atoms with Crippen LogP contribution in [0.3, 0.4) is 0 Å². The van der Waals surface area contributed by atoms with E-state index in [0.29, 0.717) is 40.3 Å². The number of pyridine rings is 3. The normalized spacial score (nSPS) is 11.6. The highest BCUT2D eigenvalue weighted by atomic mass is 19.1. The predicted molar refractivity (Wildman–Crippen MR) is 142 cm³/mol. The van der Waals surface area contributed by atoms with Crippen molar-refractivity contribution in [2.45, 2.75) is 0 Å². The molecule has 1 aromatic carbocycles. The molecule has 0 aliphatic carbocycles. The highest BCUT2D eigenvalue weighted by Crippen LogP contribution is 2.32. The Bertz CT molecular complexity index is 1710. The number of rotatable bonds is 7. The highest BCUT2D eigenvalue weighted by Gasteiger charge is 2.18. The fourth-order valence-electron chi connectivity index (χ4n) is 4.25. The van der Waals surface area contributed by atoms with E-state index in [0.717, 1.165) is 34.5 Å². The van der Waals surface area contributed by atoms with Crippen LogP contribution in [0.2, 0.25) is 0 Å². The molecule has 0 unspecified atom stereocenters. The van der Waals surface area contributed by atoms with E-state index in [9.17, 15) is 4.39 Å². The number of benzene rings is 1. The monoisotopic (exact) mass is 493 g/mol. The molecule has 0 atom stereocenters. The lowest BCUT2D eigenvalue weighted by Gasteiger charge is -2.12. The lowest BCUT2D eigenvalue weighted by molar-refractivity contribution is 0.425. The fourth-order valence-corrected chi connectivity index (χ4v) is 4.25. The summed E-state index contributed by atoms with van der Waals surface area (Å²) in [5.74, 6) is 0.212. The van der Waals surface area contributed by atoms with E-state index in [1.54, 1.807) is 18.6 Å². The SMILES string of the molecule is CN(C)CCNc1cc(F)cc(-c2cncc3[nH]c(-c4n[nH]c5ccc(-c6ccccn6)nc45)nc23)c1. The molecule has 0 saturated carbocycles. The number of hydrogen-bond donors (Lipinski definition) is 3. The van der Waals surface area contributed by atoms with Crippen LogP contribution in [0, 0.1) is 5.82 Å². The topological polar surface area (TPSA) is 111 Å². The van der Waals surface area contributed by atoms with E-state index < -0.39 is 0 Å². The number of nitrogens with zero attached hydrogens (tertiary/aromatic N) is 6. The first kappa shape index (κ1) is 22.7. The van der Waals surface area contributed by atoms with Crippen molar-refractivity contribution < 1.29 is 4.39 Å². The zero-order chi connectivity index (χ0) is 25.4. The summed E-state index contributed by atoms with van der Waals surface area (Å²) in [7, 11) is 4.00. The number of halogens is 1. The minimum Gasteiger partial charge on any atom is -0.384 e. The highest BCUT2D eigenvalue weighted by molar-refractivity contribution is 5.96. The molecular weight excluding hydrogens is 469 g/mol. The number of imidazole rings is 1. The van der Waals surface area contributed by atoms with Crippen LogP contribution in [0.1, 0.15) is 0 Å². The van der Waals surface area contributed by atoms with Crippen molar-refractivity contribution in [3.8, 4) is 34.0 Å². The van der Waals surface area contributed by atoms with Crippen LogP contribution in [-0.2, 0) is 0 Å². The molecule has 3 N–H and O–H groups in total.